The minimum atomic E-state index is -3.05. The Balaban J connectivity index is 2.16. The molecular weight excluding hydrogens is 270 g/mol. The molecule has 1 atom stereocenters. The SMILES string of the molecule is CCS(=O)(=O)CC(N)c1ccc(-c2ccccc2)cc1. The average Bonchev–Trinajstić information content (AvgIpc) is 2.48. The van der Waals surface area contributed by atoms with Crippen molar-refractivity contribution in [3.8, 4) is 11.1 Å². The van der Waals surface area contributed by atoms with E-state index >= 15 is 0 Å². The van der Waals surface area contributed by atoms with E-state index in [-0.39, 0.29) is 11.5 Å². The van der Waals surface area contributed by atoms with E-state index in [1.807, 2.05) is 54.6 Å². The number of hydrogen-bond donors (Lipinski definition) is 1. The Hall–Kier alpha value is -1.65. The molecule has 106 valence electrons. The summed E-state index contributed by atoms with van der Waals surface area (Å²) in [7, 11) is -3.05. The molecule has 4 heteroatoms. The van der Waals surface area contributed by atoms with Crippen molar-refractivity contribution in [1.82, 2.24) is 0 Å². The first kappa shape index (κ1) is 14.8. The number of benzene rings is 2. The van der Waals surface area contributed by atoms with E-state index in [0.29, 0.717) is 0 Å². The van der Waals surface area contributed by atoms with Crippen LogP contribution in [0.15, 0.2) is 54.6 Å². The molecule has 0 radical (unpaired) electrons. The molecular formula is C16H19NO2S. The molecule has 2 aromatic carbocycles. The van der Waals surface area contributed by atoms with Crippen LogP contribution >= 0.6 is 0 Å². The highest BCUT2D eigenvalue weighted by molar-refractivity contribution is 7.91. The Morgan fingerprint density at radius 3 is 2.05 bits per heavy atom. The van der Waals surface area contributed by atoms with Gasteiger partial charge in [0.15, 0.2) is 9.84 Å². The maximum atomic E-state index is 11.6. The van der Waals surface area contributed by atoms with Crippen molar-refractivity contribution in [1.29, 1.82) is 0 Å². The molecule has 0 spiro atoms. The fourth-order valence-corrected chi connectivity index (χ4v) is 3.02. The third-order valence-electron chi connectivity index (χ3n) is 3.32. The van der Waals surface area contributed by atoms with Gasteiger partial charge in [0.05, 0.1) is 5.75 Å². The van der Waals surface area contributed by atoms with E-state index in [1.54, 1.807) is 6.92 Å². The van der Waals surface area contributed by atoms with Gasteiger partial charge in [-0.2, -0.15) is 0 Å². The first-order valence-corrected chi connectivity index (χ1v) is 8.45. The molecule has 3 nitrogen and oxygen atoms in total. The quantitative estimate of drug-likeness (QED) is 0.920. The van der Waals surface area contributed by atoms with Crippen LogP contribution in [0.25, 0.3) is 11.1 Å². The van der Waals surface area contributed by atoms with Crippen LogP contribution in [0, 0.1) is 0 Å². The maximum Gasteiger partial charge on any atom is 0.151 e. The smallest absolute Gasteiger partial charge is 0.151 e. The summed E-state index contributed by atoms with van der Waals surface area (Å²) in [6, 6.07) is 17.3. The van der Waals surface area contributed by atoms with Crippen molar-refractivity contribution in [2.24, 2.45) is 5.73 Å². The lowest BCUT2D eigenvalue weighted by molar-refractivity contribution is 0.590. The van der Waals surface area contributed by atoms with Crippen LogP contribution in [0.3, 0.4) is 0 Å². The molecule has 0 amide bonds. The summed E-state index contributed by atoms with van der Waals surface area (Å²) in [5.41, 5.74) is 9.05. The van der Waals surface area contributed by atoms with Gasteiger partial charge in [0.1, 0.15) is 0 Å². The highest BCUT2D eigenvalue weighted by atomic mass is 32.2. The molecule has 0 saturated carbocycles. The van der Waals surface area contributed by atoms with E-state index in [2.05, 4.69) is 0 Å². The normalized spacial score (nSPS) is 13.1. The lowest BCUT2D eigenvalue weighted by atomic mass is 10.0. The Morgan fingerprint density at radius 2 is 1.50 bits per heavy atom. The van der Waals surface area contributed by atoms with Gasteiger partial charge < -0.3 is 5.73 Å². The van der Waals surface area contributed by atoms with Crippen molar-refractivity contribution >= 4 is 9.84 Å². The zero-order chi connectivity index (χ0) is 14.6. The molecule has 0 bridgehead atoms. The van der Waals surface area contributed by atoms with E-state index in [0.717, 1.165) is 16.7 Å². The predicted molar refractivity (Wildman–Crippen MR) is 83.1 cm³/mol. The molecule has 2 N–H and O–H groups in total. The molecule has 0 aromatic heterocycles. The summed E-state index contributed by atoms with van der Waals surface area (Å²) < 4.78 is 23.2. The Labute approximate surface area is 120 Å². The monoisotopic (exact) mass is 289 g/mol. The lowest BCUT2D eigenvalue weighted by Gasteiger charge is -2.12. The second kappa shape index (κ2) is 6.20. The summed E-state index contributed by atoms with van der Waals surface area (Å²) in [5, 5.41) is 0. The van der Waals surface area contributed by atoms with Gasteiger partial charge in [-0.05, 0) is 16.7 Å². The Bertz CT molecular complexity index is 649. The summed E-state index contributed by atoms with van der Waals surface area (Å²) in [6.45, 7) is 1.64. The van der Waals surface area contributed by atoms with Crippen molar-refractivity contribution in [3.05, 3.63) is 60.2 Å². The van der Waals surface area contributed by atoms with E-state index in [9.17, 15) is 8.42 Å². The molecule has 0 heterocycles. The number of nitrogens with two attached hydrogens (primary N) is 1. The maximum absolute atomic E-state index is 11.6. The minimum absolute atomic E-state index is 0.00577. The molecule has 1 unspecified atom stereocenters. The van der Waals surface area contributed by atoms with Crippen LogP contribution in [0.5, 0.6) is 0 Å². The summed E-state index contributed by atoms with van der Waals surface area (Å²) in [6.07, 6.45) is 0. The van der Waals surface area contributed by atoms with E-state index in [1.165, 1.54) is 0 Å². The molecule has 0 aliphatic carbocycles. The number of sulfone groups is 1. The molecule has 0 aliphatic heterocycles. The first-order valence-electron chi connectivity index (χ1n) is 6.63. The van der Waals surface area contributed by atoms with Crippen LogP contribution in [-0.2, 0) is 9.84 Å². The number of hydrogen-bond acceptors (Lipinski definition) is 3. The lowest BCUT2D eigenvalue weighted by Crippen LogP contribution is -2.22. The molecule has 0 fully saturated rings. The van der Waals surface area contributed by atoms with Crippen molar-refractivity contribution < 1.29 is 8.42 Å². The Kier molecular flexibility index (Phi) is 4.57. The standard InChI is InChI=1S/C16H19NO2S/c1-2-20(18,19)12-16(17)15-10-8-14(9-11-15)13-6-4-3-5-7-13/h3-11,16H,2,12,17H2,1H3. The van der Waals surface area contributed by atoms with Crippen LogP contribution in [0.2, 0.25) is 0 Å². The van der Waals surface area contributed by atoms with Gasteiger partial charge in [0, 0.05) is 11.8 Å². The zero-order valence-electron chi connectivity index (χ0n) is 11.5. The second-order valence-electron chi connectivity index (χ2n) is 4.79. The van der Waals surface area contributed by atoms with Crippen LogP contribution < -0.4 is 5.73 Å². The predicted octanol–water partition coefficient (Wildman–Crippen LogP) is 2.79. The molecule has 0 saturated heterocycles. The first-order chi connectivity index (χ1) is 9.52. The highest BCUT2D eigenvalue weighted by Gasteiger charge is 2.15. The van der Waals surface area contributed by atoms with Gasteiger partial charge in [0.25, 0.3) is 0 Å². The third kappa shape index (κ3) is 3.68. The fraction of sp³-hybridized carbons (Fsp3) is 0.250. The number of rotatable bonds is 5. The minimum Gasteiger partial charge on any atom is -0.323 e. The van der Waals surface area contributed by atoms with Crippen LogP contribution in [0.1, 0.15) is 18.5 Å². The molecule has 20 heavy (non-hydrogen) atoms. The topological polar surface area (TPSA) is 60.2 Å². The third-order valence-corrected chi connectivity index (χ3v) is 5.07. The van der Waals surface area contributed by atoms with E-state index < -0.39 is 15.9 Å². The van der Waals surface area contributed by atoms with Crippen LogP contribution in [-0.4, -0.2) is 19.9 Å². The van der Waals surface area contributed by atoms with E-state index in [4.69, 9.17) is 5.73 Å². The average molecular weight is 289 g/mol. The van der Waals surface area contributed by atoms with Gasteiger partial charge >= 0.3 is 0 Å². The Morgan fingerprint density at radius 1 is 0.950 bits per heavy atom. The van der Waals surface area contributed by atoms with Gasteiger partial charge in [0.2, 0.25) is 0 Å². The van der Waals surface area contributed by atoms with Gasteiger partial charge in [-0.3, -0.25) is 0 Å². The largest absolute Gasteiger partial charge is 0.323 e. The molecule has 0 aliphatic rings. The molecule has 2 rings (SSSR count). The fourth-order valence-electron chi connectivity index (χ4n) is 2.04. The van der Waals surface area contributed by atoms with Crippen molar-refractivity contribution in [2.75, 3.05) is 11.5 Å². The molecule has 2 aromatic rings. The van der Waals surface area contributed by atoms with Gasteiger partial charge in [-0.25, -0.2) is 8.42 Å². The summed E-state index contributed by atoms with van der Waals surface area (Å²) in [4.78, 5) is 0. The van der Waals surface area contributed by atoms with Crippen molar-refractivity contribution in [2.45, 2.75) is 13.0 Å². The highest BCUT2D eigenvalue weighted by Crippen LogP contribution is 2.21. The summed E-state index contributed by atoms with van der Waals surface area (Å²) in [5.74, 6) is 0.122. The van der Waals surface area contributed by atoms with Crippen LogP contribution in [0.4, 0.5) is 0 Å². The second-order valence-corrected chi connectivity index (χ2v) is 7.19. The summed E-state index contributed by atoms with van der Waals surface area (Å²) >= 11 is 0. The van der Waals surface area contributed by atoms with Crippen molar-refractivity contribution in [3.63, 3.8) is 0 Å². The zero-order valence-corrected chi connectivity index (χ0v) is 12.3. The van der Waals surface area contributed by atoms with Gasteiger partial charge in [-0.15, -0.1) is 0 Å². The van der Waals surface area contributed by atoms with Gasteiger partial charge in [-0.1, -0.05) is 61.5 Å².